The van der Waals surface area contributed by atoms with Crippen LogP contribution in [0.3, 0.4) is 0 Å². The van der Waals surface area contributed by atoms with Crippen LogP contribution >= 0.6 is 0 Å². The van der Waals surface area contributed by atoms with Crippen LogP contribution in [0.15, 0.2) is 18.2 Å². The lowest BCUT2D eigenvalue weighted by Crippen LogP contribution is -3.11. The van der Waals surface area contributed by atoms with Gasteiger partial charge in [0, 0.05) is 18.8 Å². The highest BCUT2D eigenvalue weighted by molar-refractivity contribution is 5.99. The van der Waals surface area contributed by atoms with Crippen LogP contribution in [0.5, 0.6) is 0 Å². The van der Waals surface area contributed by atoms with Gasteiger partial charge in [0.15, 0.2) is 13.1 Å². The molecule has 1 aromatic carbocycles. The molecule has 28 heavy (non-hydrogen) atoms. The van der Waals surface area contributed by atoms with Crippen LogP contribution in [-0.2, 0) is 19.1 Å². The minimum Gasteiger partial charge on any atom is -0.465 e. The third-order valence-electron chi connectivity index (χ3n) is 4.09. The summed E-state index contributed by atoms with van der Waals surface area (Å²) in [5.74, 6) is -1.68. The zero-order valence-corrected chi connectivity index (χ0v) is 17.0. The van der Waals surface area contributed by atoms with Crippen molar-refractivity contribution in [2.24, 2.45) is 0 Å². The Labute approximate surface area is 164 Å². The maximum atomic E-state index is 12.3. The van der Waals surface area contributed by atoms with E-state index in [1.807, 2.05) is 13.8 Å². The first-order chi connectivity index (χ1) is 13.2. The highest BCUT2D eigenvalue weighted by Gasteiger charge is 2.19. The van der Waals surface area contributed by atoms with Gasteiger partial charge in [-0.25, -0.2) is 9.59 Å². The number of quaternary nitrogens is 1. The van der Waals surface area contributed by atoms with Crippen molar-refractivity contribution in [3.63, 3.8) is 0 Å². The Balaban J connectivity index is 2.86. The average Bonchev–Trinajstić information content (AvgIpc) is 2.66. The molecule has 1 unspecified atom stereocenters. The fraction of sp³-hybridized carbons (Fsp3) is 0.474. The highest BCUT2D eigenvalue weighted by Crippen LogP contribution is 2.17. The molecule has 9 heteroatoms. The standard InChI is InChI=1S/C19H27N3O6/c1-6-22(7-2)17(24)12-21(3)11-16(23)20-15-9-13(18(25)27-4)8-14(10-15)19(26)28-5/h8-10H,6-7,11-12H2,1-5H3,(H,20,23)/p+1. The van der Waals surface area contributed by atoms with Gasteiger partial charge < -0.3 is 24.6 Å². The van der Waals surface area contributed by atoms with E-state index in [9.17, 15) is 19.2 Å². The molecular formula is C19H28N3O6+. The average molecular weight is 394 g/mol. The molecule has 0 aliphatic heterocycles. The molecule has 1 atom stereocenters. The van der Waals surface area contributed by atoms with Crippen molar-refractivity contribution in [3.8, 4) is 0 Å². The lowest BCUT2D eigenvalue weighted by Gasteiger charge is -2.21. The Morgan fingerprint density at radius 1 is 0.929 bits per heavy atom. The van der Waals surface area contributed by atoms with Crippen LogP contribution in [0.2, 0.25) is 0 Å². The van der Waals surface area contributed by atoms with Crippen LogP contribution in [0.1, 0.15) is 34.6 Å². The minimum absolute atomic E-state index is 0.0315. The summed E-state index contributed by atoms with van der Waals surface area (Å²) in [6.45, 7) is 5.26. The summed E-state index contributed by atoms with van der Waals surface area (Å²) >= 11 is 0. The number of methoxy groups -OCH3 is 2. The van der Waals surface area contributed by atoms with E-state index in [4.69, 9.17) is 0 Å². The lowest BCUT2D eigenvalue weighted by atomic mass is 10.1. The quantitative estimate of drug-likeness (QED) is 0.551. The number of hydrogen-bond donors (Lipinski definition) is 2. The van der Waals surface area contributed by atoms with E-state index in [0.29, 0.717) is 18.0 Å². The van der Waals surface area contributed by atoms with Crippen molar-refractivity contribution in [3.05, 3.63) is 29.3 Å². The number of likely N-dealkylation sites (N-methyl/N-ethyl adjacent to an activating group) is 2. The summed E-state index contributed by atoms with van der Waals surface area (Å²) in [5, 5.41) is 2.64. The number of benzene rings is 1. The number of anilines is 1. The number of esters is 2. The maximum absolute atomic E-state index is 12.3. The van der Waals surface area contributed by atoms with Crippen molar-refractivity contribution in [1.82, 2.24) is 4.90 Å². The molecule has 0 saturated carbocycles. The van der Waals surface area contributed by atoms with Crippen LogP contribution in [0.4, 0.5) is 5.69 Å². The first kappa shape index (κ1) is 23.1. The first-order valence-corrected chi connectivity index (χ1v) is 8.96. The van der Waals surface area contributed by atoms with Crippen molar-refractivity contribution in [2.45, 2.75) is 13.8 Å². The molecule has 2 amide bonds. The monoisotopic (exact) mass is 394 g/mol. The number of nitrogens with one attached hydrogen (secondary N) is 2. The third-order valence-corrected chi connectivity index (χ3v) is 4.09. The molecule has 0 heterocycles. The SMILES string of the molecule is CCN(CC)C(=O)C[NH+](C)CC(=O)Nc1cc(C(=O)OC)cc(C(=O)OC)c1. The van der Waals surface area contributed by atoms with E-state index in [0.717, 1.165) is 0 Å². The molecule has 1 rings (SSSR count). The maximum Gasteiger partial charge on any atom is 0.337 e. The fourth-order valence-corrected chi connectivity index (χ4v) is 2.66. The largest absolute Gasteiger partial charge is 0.465 e. The molecule has 0 saturated heterocycles. The van der Waals surface area contributed by atoms with Crippen LogP contribution in [0.25, 0.3) is 0 Å². The number of ether oxygens (including phenoxy) is 2. The van der Waals surface area contributed by atoms with Gasteiger partial charge in [-0.05, 0) is 32.0 Å². The van der Waals surface area contributed by atoms with Gasteiger partial charge in [-0.15, -0.1) is 0 Å². The molecule has 1 aromatic rings. The predicted molar refractivity (Wildman–Crippen MR) is 102 cm³/mol. The number of hydrogen-bond acceptors (Lipinski definition) is 6. The summed E-state index contributed by atoms with van der Waals surface area (Å²) in [7, 11) is 4.18. The van der Waals surface area contributed by atoms with E-state index in [-0.39, 0.29) is 41.7 Å². The Bertz CT molecular complexity index is 696. The molecule has 0 radical (unpaired) electrons. The highest BCUT2D eigenvalue weighted by atomic mass is 16.5. The normalized spacial score (nSPS) is 11.3. The molecule has 0 spiro atoms. The Kier molecular flexibility index (Phi) is 9.10. The van der Waals surface area contributed by atoms with Gasteiger partial charge in [0.2, 0.25) is 0 Å². The smallest absolute Gasteiger partial charge is 0.337 e. The topological polar surface area (TPSA) is 106 Å². The second-order valence-electron chi connectivity index (χ2n) is 6.21. The number of carbonyl (C=O) groups excluding carboxylic acids is 4. The Hall–Kier alpha value is -2.94. The van der Waals surface area contributed by atoms with Gasteiger partial charge in [0.1, 0.15) is 0 Å². The van der Waals surface area contributed by atoms with Gasteiger partial charge in [-0.2, -0.15) is 0 Å². The minimum atomic E-state index is -0.645. The number of carbonyl (C=O) groups is 4. The molecule has 0 aromatic heterocycles. The van der Waals surface area contributed by atoms with E-state index in [2.05, 4.69) is 14.8 Å². The molecule has 154 valence electrons. The van der Waals surface area contributed by atoms with Crippen LogP contribution in [0, 0.1) is 0 Å². The van der Waals surface area contributed by atoms with Crippen LogP contribution in [-0.4, -0.2) is 76.1 Å². The van der Waals surface area contributed by atoms with Gasteiger partial charge >= 0.3 is 11.9 Å². The van der Waals surface area contributed by atoms with E-state index >= 15 is 0 Å². The summed E-state index contributed by atoms with van der Waals surface area (Å²) in [5.41, 5.74) is 0.479. The van der Waals surface area contributed by atoms with Gasteiger partial charge in [0.05, 0.1) is 32.4 Å². The molecule has 0 aliphatic rings. The van der Waals surface area contributed by atoms with Crippen molar-refractivity contribution < 1.29 is 33.6 Å². The molecule has 0 bridgehead atoms. The number of rotatable bonds is 9. The fourth-order valence-electron chi connectivity index (χ4n) is 2.66. The van der Waals surface area contributed by atoms with Crippen molar-refractivity contribution in [2.75, 3.05) is 52.8 Å². The Morgan fingerprint density at radius 2 is 1.43 bits per heavy atom. The van der Waals surface area contributed by atoms with Crippen LogP contribution < -0.4 is 10.2 Å². The lowest BCUT2D eigenvalue weighted by molar-refractivity contribution is -0.862. The van der Waals surface area contributed by atoms with Gasteiger partial charge in [0.25, 0.3) is 11.8 Å². The molecule has 9 nitrogen and oxygen atoms in total. The predicted octanol–water partition coefficient (Wildman–Crippen LogP) is -0.419. The summed E-state index contributed by atoms with van der Waals surface area (Å²) < 4.78 is 9.33. The molecule has 0 fully saturated rings. The summed E-state index contributed by atoms with van der Waals surface area (Å²) in [6, 6.07) is 4.15. The van der Waals surface area contributed by atoms with Crippen molar-refractivity contribution in [1.29, 1.82) is 0 Å². The third kappa shape index (κ3) is 6.66. The van der Waals surface area contributed by atoms with E-state index in [1.54, 1.807) is 11.9 Å². The van der Waals surface area contributed by atoms with E-state index < -0.39 is 11.9 Å². The van der Waals surface area contributed by atoms with Gasteiger partial charge in [-0.1, -0.05) is 0 Å². The zero-order valence-electron chi connectivity index (χ0n) is 17.0. The summed E-state index contributed by atoms with van der Waals surface area (Å²) in [4.78, 5) is 50.5. The Morgan fingerprint density at radius 3 is 1.86 bits per heavy atom. The molecule has 0 aliphatic carbocycles. The second-order valence-corrected chi connectivity index (χ2v) is 6.21. The molecular weight excluding hydrogens is 366 g/mol. The second kappa shape index (κ2) is 11.0. The number of amides is 2. The van der Waals surface area contributed by atoms with Gasteiger partial charge in [-0.3, -0.25) is 9.59 Å². The van der Waals surface area contributed by atoms with E-state index in [1.165, 1.54) is 32.4 Å². The van der Waals surface area contributed by atoms with Crippen molar-refractivity contribution >= 4 is 29.4 Å². The first-order valence-electron chi connectivity index (χ1n) is 8.96. The molecule has 2 N–H and O–H groups in total. The summed E-state index contributed by atoms with van der Waals surface area (Å²) in [6.07, 6.45) is 0. The zero-order chi connectivity index (χ0) is 21.3. The number of nitrogens with zero attached hydrogens (tertiary/aromatic N) is 1.